The van der Waals surface area contributed by atoms with E-state index in [0.29, 0.717) is 12.3 Å². The first-order valence-corrected chi connectivity index (χ1v) is 6.32. The molecule has 0 saturated carbocycles. The molecule has 15 heavy (non-hydrogen) atoms. The van der Waals surface area contributed by atoms with Gasteiger partial charge in [-0.05, 0) is 39.0 Å². The van der Waals surface area contributed by atoms with Crippen LogP contribution in [0.15, 0.2) is 11.1 Å². The molecule has 2 atom stereocenters. The molecule has 0 N–H and O–H groups in total. The van der Waals surface area contributed by atoms with E-state index in [2.05, 4.69) is 27.7 Å². The van der Waals surface area contributed by atoms with Crippen LogP contribution in [0.5, 0.6) is 0 Å². The Morgan fingerprint density at radius 3 is 2.13 bits per heavy atom. The average molecular weight is 214 g/mol. The Kier molecular flexibility index (Phi) is 7.72. The Morgan fingerprint density at radius 2 is 1.73 bits per heavy atom. The maximum atomic E-state index is 13.1. The Bertz CT molecular complexity index is 192. The molecule has 0 heterocycles. The molecule has 90 valence electrons. The van der Waals surface area contributed by atoms with Gasteiger partial charge in [-0.25, -0.2) is 4.39 Å². The molecular weight excluding hydrogens is 187 g/mol. The number of halogens is 1. The Hall–Kier alpha value is -0.330. The third-order valence-corrected chi connectivity index (χ3v) is 3.05. The van der Waals surface area contributed by atoms with Crippen molar-refractivity contribution in [3.8, 4) is 0 Å². The molecule has 0 aromatic carbocycles. The first-order chi connectivity index (χ1) is 7.01. The van der Waals surface area contributed by atoms with E-state index in [1.807, 2.05) is 0 Å². The highest BCUT2D eigenvalue weighted by molar-refractivity contribution is 5.13. The van der Waals surface area contributed by atoms with Crippen molar-refractivity contribution in [3.05, 3.63) is 11.1 Å². The molecular formula is C14H27F. The number of alkyl halides is 1. The molecule has 0 aromatic heterocycles. The highest BCUT2D eigenvalue weighted by Crippen LogP contribution is 2.25. The van der Waals surface area contributed by atoms with Gasteiger partial charge in [0, 0.05) is 0 Å². The lowest BCUT2D eigenvalue weighted by Crippen LogP contribution is -2.03. The molecule has 0 spiro atoms. The number of allylic oxidation sites excluding steroid dienone is 2. The lowest BCUT2D eigenvalue weighted by molar-refractivity contribution is 0.351. The minimum atomic E-state index is -0.698. The van der Waals surface area contributed by atoms with Gasteiger partial charge in [0.15, 0.2) is 0 Å². The van der Waals surface area contributed by atoms with E-state index in [4.69, 9.17) is 0 Å². The summed E-state index contributed by atoms with van der Waals surface area (Å²) in [6, 6.07) is 0. The van der Waals surface area contributed by atoms with Gasteiger partial charge in [-0.3, -0.25) is 0 Å². The van der Waals surface area contributed by atoms with E-state index in [1.54, 1.807) is 6.92 Å². The van der Waals surface area contributed by atoms with Crippen LogP contribution in [0.2, 0.25) is 0 Å². The summed E-state index contributed by atoms with van der Waals surface area (Å²) >= 11 is 0. The molecule has 0 nitrogen and oxygen atoms in total. The van der Waals surface area contributed by atoms with E-state index in [-0.39, 0.29) is 0 Å². The van der Waals surface area contributed by atoms with Gasteiger partial charge >= 0.3 is 0 Å². The van der Waals surface area contributed by atoms with Crippen LogP contribution in [0.4, 0.5) is 4.39 Å². The molecule has 0 fully saturated rings. The topological polar surface area (TPSA) is 0 Å². The molecule has 1 heteroatoms. The van der Waals surface area contributed by atoms with Gasteiger partial charge in [-0.15, -0.1) is 0 Å². The lowest BCUT2D eigenvalue weighted by atomic mass is 9.91. The minimum Gasteiger partial charge on any atom is -0.247 e. The van der Waals surface area contributed by atoms with Crippen molar-refractivity contribution in [2.45, 2.75) is 72.9 Å². The summed E-state index contributed by atoms with van der Waals surface area (Å²) in [5.74, 6) is 0.686. The third-order valence-electron chi connectivity index (χ3n) is 3.05. The van der Waals surface area contributed by atoms with Gasteiger partial charge in [0.25, 0.3) is 0 Å². The van der Waals surface area contributed by atoms with Crippen LogP contribution >= 0.6 is 0 Å². The lowest BCUT2D eigenvalue weighted by Gasteiger charge is -2.16. The zero-order chi connectivity index (χ0) is 11.8. The van der Waals surface area contributed by atoms with Crippen LogP contribution < -0.4 is 0 Å². The monoisotopic (exact) mass is 214 g/mol. The van der Waals surface area contributed by atoms with Gasteiger partial charge < -0.3 is 0 Å². The fourth-order valence-corrected chi connectivity index (χ4v) is 1.89. The fourth-order valence-electron chi connectivity index (χ4n) is 1.89. The van der Waals surface area contributed by atoms with Crippen LogP contribution in [-0.2, 0) is 0 Å². The summed E-state index contributed by atoms with van der Waals surface area (Å²) in [6.45, 7) is 10.5. The van der Waals surface area contributed by atoms with Crippen molar-refractivity contribution in [2.24, 2.45) is 5.92 Å². The Balaban J connectivity index is 4.48. The van der Waals surface area contributed by atoms with Crippen molar-refractivity contribution in [1.82, 2.24) is 0 Å². The van der Waals surface area contributed by atoms with Crippen molar-refractivity contribution < 1.29 is 4.39 Å². The summed E-state index contributed by atoms with van der Waals surface area (Å²) in [4.78, 5) is 0. The maximum Gasteiger partial charge on any atom is 0.101 e. The minimum absolute atomic E-state index is 0.635. The summed E-state index contributed by atoms with van der Waals surface area (Å²) in [6.07, 6.45) is 4.49. The van der Waals surface area contributed by atoms with Crippen LogP contribution in [0.3, 0.4) is 0 Å². The average Bonchev–Trinajstić information content (AvgIpc) is 2.16. The van der Waals surface area contributed by atoms with Crippen LogP contribution in [0, 0.1) is 5.92 Å². The van der Waals surface area contributed by atoms with Gasteiger partial charge in [-0.2, -0.15) is 0 Å². The first kappa shape index (κ1) is 14.7. The van der Waals surface area contributed by atoms with Gasteiger partial charge in [-0.1, -0.05) is 44.8 Å². The summed E-state index contributed by atoms with van der Waals surface area (Å²) < 4.78 is 13.1. The van der Waals surface area contributed by atoms with Crippen LogP contribution in [-0.4, -0.2) is 6.17 Å². The van der Waals surface area contributed by atoms with Crippen molar-refractivity contribution in [3.63, 3.8) is 0 Å². The Morgan fingerprint density at radius 1 is 1.13 bits per heavy atom. The van der Waals surface area contributed by atoms with E-state index in [0.717, 1.165) is 19.3 Å². The van der Waals surface area contributed by atoms with Crippen molar-refractivity contribution >= 4 is 0 Å². The van der Waals surface area contributed by atoms with E-state index in [9.17, 15) is 4.39 Å². The highest BCUT2D eigenvalue weighted by atomic mass is 19.1. The standard InChI is InChI=1S/C14H27F/c1-6-8-12(4)14(10-13(5)15)9-11(3)7-2/h11,13H,6-10H2,1-5H3/b14-12-. The number of rotatable bonds is 7. The second-order valence-electron chi connectivity index (χ2n) is 4.84. The molecule has 0 aliphatic heterocycles. The van der Waals surface area contributed by atoms with Crippen LogP contribution in [0.1, 0.15) is 66.7 Å². The summed E-state index contributed by atoms with van der Waals surface area (Å²) in [5, 5.41) is 0. The van der Waals surface area contributed by atoms with E-state index >= 15 is 0 Å². The molecule has 0 aromatic rings. The molecule has 0 aliphatic rings. The van der Waals surface area contributed by atoms with E-state index < -0.39 is 6.17 Å². The van der Waals surface area contributed by atoms with Gasteiger partial charge in [0.2, 0.25) is 0 Å². The molecule has 0 aliphatic carbocycles. The molecule has 0 saturated heterocycles. The van der Waals surface area contributed by atoms with Gasteiger partial charge in [0.05, 0.1) is 0 Å². The molecule has 0 amide bonds. The smallest absolute Gasteiger partial charge is 0.101 e. The predicted molar refractivity (Wildman–Crippen MR) is 66.9 cm³/mol. The van der Waals surface area contributed by atoms with Crippen molar-refractivity contribution in [2.75, 3.05) is 0 Å². The zero-order valence-corrected chi connectivity index (χ0v) is 11.1. The third kappa shape index (κ3) is 6.70. The van der Waals surface area contributed by atoms with E-state index in [1.165, 1.54) is 17.6 Å². The highest BCUT2D eigenvalue weighted by Gasteiger charge is 2.10. The summed E-state index contributed by atoms with van der Waals surface area (Å²) in [5.41, 5.74) is 2.78. The second kappa shape index (κ2) is 7.90. The quantitative estimate of drug-likeness (QED) is 0.505. The number of hydrogen-bond acceptors (Lipinski definition) is 0. The predicted octanol–water partition coefficient (Wildman–Crippen LogP) is 5.29. The fraction of sp³-hybridized carbons (Fsp3) is 0.857. The maximum absolute atomic E-state index is 13.1. The molecule has 0 bridgehead atoms. The van der Waals surface area contributed by atoms with Gasteiger partial charge in [0.1, 0.15) is 6.17 Å². The largest absolute Gasteiger partial charge is 0.247 e. The number of hydrogen-bond donors (Lipinski definition) is 0. The molecule has 2 unspecified atom stereocenters. The molecule has 0 rings (SSSR count). The summed E-state index contributed by atoms with van der Waals surface area (Å²) in [7, 11) is 0. The van der Waals surface area contributed by atoms with Crippen LogP contribution in [0.25, 0.3) is 0 Å². The van der Waals surface area contributed by atoms with Crippen molar-refractivity contribution in [1.29, 1.82) is 0 Å². The first-order valence-electron chi connectivity index (χ1n) is 6.32. The Labute approximate surface area is 95.0 Å². The second-order valence-corrected chi connectivity index (χ2v) is 4.84. The SMILES string of the molecule is CCC/C(C)=C(\CC(C)F)CC(C)CC. The zero-order valence-electron chi connectivity index (χ0n) is 11.1. The molecule has 0 radical (unpaired) electrons. The normalized spacial score (nSPS) is 17.2.